The summed E-state index contributed by atoms with van der Waals surface area (Å²) in [5, 5.41) is 31.8. The SMILES string of the molecule is O=C(O)c1cc(-n2ncc(C(=O)O)c2C2CC2)ccc1O. The summed E-state index contributed by atoms with van der Waals surface area (Å²) in [4.78, 5) is 22.3. The molecule has 3 N–H and O–H groups in total. The zero-order valence-corrected chi connectivity index (χ0v) is 10.9. The largest absolute Gasteiger partial charge is 0.507 e. The highest BCUT2D eigenvalue weighted by Crippen LogP contribution is 2.42. The fraction of sp³-hybridized carbons (Fsp3) is 0.214. The van der Waals surface area contributed by atoms with Crippen LogP contribution in [0.1, 0.15) is 45.2 Å². The second kappa shape index (κ2) is 4.62. The number of nitrogens with zero attached hydrogens (tertiary/aromatic N) is 2. The minimum Gasteiger partial charge on any atom is -0.507 e. The Bertz CT molecular complexity index is 746. The Morgan fingerprint density at radius 2 is 1.81 bits per heavy atom. The highest BCUT2D eigenvalue weighted by molar-refractivity contribution is 5.92. The summed E-state index contributed by atoms with van der Waals surface area (Å²) < 4.78 is 1.44. The molecule has 7 nitrogen and oxygen atoms in total. The molecule has 0 radical (unpaired) electrons. The third-order valence-corrected chi connectivity index (χ3v) is 3.46. The van der Waals surface area contributed by atoms with Gasteiger partial charge in [0.05, 0.1) is 17.6 Å². The molecule has 21 heavy (non-hydrogen) atoms. The van der Waals surface area contributed by atoms with Crippen molar-refractivity contribution in [1.29, 1.82) is 0 Å². The van der Waals surface area contributed by atoms with E-state index in [9.17, 15) is 19.8 Å². The monoisotopic (exact) mass is 288 g/mol. The molecule has 2 aromatic rings. The molecule has 1 aromatic carbocycles. The van der Waals surface area contributed by atoms with Gasteiger partial charge in [0.25, 0.3) is 0 Å². The minimum atomic E-state index is -1.26. The van der Waals surface area contributed by atoms with Gasteiger partial charge in [-0.1, -0.05) is 0 Å². The fourth-order valence-corrected chi connectivity index (χ4v) is 2.31. The van der Waals surface area contributed by atoms with Crippen molar-refractivity contribution >= 4 is 11.9 Å². The first kappa shape index (κ1) is 13.2. The van der Waals surface area contributed by atoms with E-state index >= 15 is 0 Å². The predicted molar refractivity (Wildman–Crippen MR) is 71.1 cm³/mol. The number of benzene rings is 1. The zero-order chi connectivity index (χ0) is 15.1. The van der Waals surface area contributed by atoms with Crippen LogP contribution in [0.2, 0.25) is 0 Å². The van der Waals surface area contributed by atoms with E-state index in [1.54, 1.807) is 0 Å². The lowest BCUT2D eigenvalue weighted by Gasteiger charge is -2.09. The van der Waals surface area contributed by atoms with E-state index in [4.69, 9.17) is 5.11 Å². The molecule has 108 valence electrons. The molecule has 1 aromatic heterocycles. The number of aromatic hydroxyl groups is 1. The van der Waals surface area contributed by atoms with Gasteiger partial charge >= 0.3 is 11.9 Å². The smallest absolute Gasteiger partial charge is 0.339 e. The van der Waals surface area contributed by atoms with E-state index in [1.165, 1.54) is 29.1 Å². The first-order valence-corrected chi connectivity index (χ1v) is 6.37. The molecule has 0 atom stereocenters. The van der Waals surface area contributed by atoms with Crippen molar-refractivity contribution in [2.45, 2.75) is 18.8 Å². The second-order valence-electron chi connectivity index (χ2n) is 4.94. The average Bonchev–Trinajstić information content (AvgIpc) is 3.17. The molecule has 1 aliphatic rings. The van der Waals surface area contributed by atoms with Crippen LogP contribution < -0.4 is 0 Å². The summed E-state index contributed by atoms with van der Waals surface area (Å²) >= 11 is 0. The van der Waals surface area contributed by atoms with Gasteiger partial charge in [0, 0.05) is 5.92 Å². The quantitative estimate of drug-likeness (QED) is 0.791. The molecule has 0 aliphatic heterocycles. The maximum atomic E-state index is 11.2. The van der Waals surface area contributed by atoms with Crippen molar-refractivity contribution in [3.8, 4) is 11.4 Å². The zero-order valence-electron chi connectivity index (χ0n) is 10.9. The summed E-state index contributed by atoms with van der Waals surface area (Å²) in [6, 6.07) is 4.05. The highest BCUT2D eigenvalue weighted by Gasteiger charge is 2.33. The van der Waals surface area contributed by atoms with Crippen LogP contribution in [0.3, 0.4) is 0 Å². The Morgan fingerprint density at radius 3 is 2.38 bits per heavy atom. The maximum Gasteiger partial charge on any atom is 0.339 e. The number of carboxylic acid groups (broad SMARTS) is 2. The molecule has 1 aliphatic carbocycles. The van der Waals surface area contributed by atoms with Crippen LogP contribution in [-0.2, 0) is 0 Å². The van der Waals surface area contributed by atoms with Crippen LogP contribution >= 0.6 is 0 Å². The van der Waals surface area contributed by atoms with Crippen LogP contribution in [0, 0.1) is 0 Å². The summed E-state index contributed by atoms with van der Waals surface area (Å²) in [5.74, 6) is -2.53. The number of aromatic carboxylic acids is 2. The first-order chi connectivity index (χ1) is 9.99. The highest BCUT2D eigenvalue weighted by atomic mass is 16.4. The minimum absolute atomic E-state index is 0.126. The van der Waals surface area contributed by atoms with Crippen molar-refractivity contribution in [2.75, 3.05) is 0 Å². The van der Waals surface area contributed by atoms with Gasteiger partial charge in [-0.15, -0.1) is 0 Å². The molecule has 0 spiro atoms. The molecule has 0 unspecified atom stereocenters. The number of hydrogen-bond acceptors (Lipinski definition) is 4. The van der Waals surface area contributed by atoms with Gasteiger partial charge in [-0.05, 0) is 31.0 Å². The number of phenols is 1. The number of carbonyl (C=O) groups is 2. The summed E-state index contributed by atoms with van der Waals surface area (Å²) in [6.45, 7) is 0. The lowest BCUT2D eigenvalue weighted by Crippen LogP contribution is -2.07. The fourth-order valence-electron chi connectivity index (χ4n) is 2.31. The van der Waals surface area contributed by atoms with E-state index in [-0.39, 0.29) is 22.8 Å². The molecule has 0 amide bonds. The van der Waals surface area contributed by atoms with Gasteiger partial charge in [0.15, 0.2) is 0 Å². The second-order valence-corrected chi connectivity index (χ2v) is 4.94. The van der Waals surface area contributed by atoms with Crippen molar-refractivity contribution < 1.29 is 24.9 Å². The Labute approximate surface area is 119 Å². The summed E-state index contributed by atoms with van der Waals surface area (Å²) in [5.41, 5.74) is 0.869. The van der Waals surface area contributed by atoms with Crippen molar-refractivity contribution in [1.82, 2.24) is 9.78 Å². The molecule has 1 fully saturated rings. The van der Waals surface area contributed by atoms with Crippen molar-refractivity contribution in [3.63, 3.8) is 0 Å². The Hall–Kier alpha value is -2.83. The molecular weight excluding hydrogens is 276 g/mol. The normalized spacial score (nSPS) is 14.1. The van der Waals surface area contributed by atoms with E-state index in [1.807, 2.05) is 0 Å². The van der Waals surface area contributed by atoms with Gasteiger partial charge in [-0.3, -0.25) is 0 Å². The van der Waals surface area contributed by atoms with Gasteiger partial charge < -0.3 is 15.3 Å². The van der Waals surface area contributed by atoms with Crippen LogP contribution in [0.25, 0.3) is 5.69 Å². The Balaban J connectivity index is 2.15. The molecule has 7 heteroatoms. The van der Waals surface area contributed by atoms with Crippen LogP contribution in [0.5, 0.6) is 5.75 Å². The van der Waals surface area contributed by atoms with Gasteiger partial charge in [-0.2, -0.15) is 5.10 Å². The summed E-state index contributed by atoms with van der Waals surface area (Å²) in [6.07, 6.45) is 3.04. The summed E-state index contributed by atoms with van der Waals surface area (Å²) in [7, 11) is 0. The van der Waals surface area contributed by atoms with Crippen molar-refractivity contribution in [2.24, 2.45) is 0 Å². The molecule has 0 saturated heterocycles. The van der Waals surface area contributed by atoms with Crippen LogP contribution in [-0.4, -0.2) is 37.0 Å². The van der Waals surface area contributed by atoms with Gasteiger partial charge in [0.2, 0.25) is 0 Å². The van der Waals surface area contributed by atoms with E-state index in [0.29, 0.717) is 11.4 Å². The van der Waals surface area contributed by atoms with E-state index in [0.717, 1.165) is 12.8 Å². The van der Waals surface area contributed by atoms with Gasteiger partial charge in [0.1, 0.15) is 16.9 Å². The Morgan fingerprint density at radius 1 is 1.14 bits per heavy atom. The Kier molecular flexibility index (Phi) is 2.90. The molecule has 3 rings (SSSR count). The molecule has 1 heterocycles. The van der Waals surface area contributed by atoms with E-state index in [2.05, 4.69) is 5.10 Å². The molecule has 1 saturated carbocycles. The van der Waals surface area contributed by atoms with Crippen LogP contribution in [0.4, 0.5) is 0 Å². The third-order valence-electron chi connectivity index (χ3n) is 3.46. The number of hydrogen-bond donors (Lipinski definition) is 3. The third kappa shape index (κ3) is 2.22. The van der Waals surface area contributed by atoms with E-state index < -0.39 is 11.9 Å². The average molecular weight is 288 g/mol. The first-order valence-electron chi connectivity index (χ1n) is 6.37. The number of aromatic nitrogens is 2. The number of carboxylic acids is 2. The lowest BCUT2D eigenvalue weighted by molar-refractivity contribution is 0.0683. The maximum absolute atomic E-state index is 11.2. The predicted octanol–water partition coefficient (Wildman–Crippen LogP) is 1.85. The number of rotatable bonds is 4. The van der Waals surface area contributed by atoms with Crippen LogP contribution in [0.15, 0.2) is 24.4 Å². The van der Waals surface area contributed by atoms with Crippen molar-refractivity contribution in [3.05, 3.63) is 41.2 Å². The standard InChI is InChI=1S/C14H12N2O5/c17-11-4-3-8(5-9(11)13(18)19)16-12(7-1-2-7)10(6-15-16)14(20)21/h3-7,17H,1-2H2,(H,18,19)(H,20,21). The molecular formula is C14H12N2O5. The topological polar surface area (TPSA) is 113 Å². The molecule has 0 bridgehead atoms. The lowest BCUT2D eigenvalue weighted by atomic mass is 10.1. The van der Waals surface area contributed by atoms with Gasteiger partial charge in [-0.25, -0.2) is 14.3 Å².